The van der Waals surface area contributed by atoms with Gasteiger partial charge in [0.2, 0.25) is 0 Å². The molecule has 0 aromatic carbocycles. The number of rotatable bonds is 5. The molecule has 82 valence electrons. The lowest BCUT2D eigenvalue weighted by Gasteiger charge is -2.30. The van der Waals surface area contributed by atoms with Gasteiger partial charge in [-0.25, -0.2) is 4.79 Å². The summed E-state index contributed by atoms with van der Waals surface area (Å²) in [6, 6.07) is 0. The van der Waals surface area contributed by atoms with Gasteiger partial charge in [0.05, 0.1) is 8.07 Å². The number of aliphatic carboxylic acids is 1. The third-order valence-electron chi connectivity index (χ3n) is 2.22. The van der Waals surface area contributed by atoms with E-state index < -0.39 is 20.1 Å². The normalized spacial score (nSPS) is 16.9. The second-order valence-corrected chi connectivity index (χ2v) is 9.81. The Morgan fingerprint density at radius 1 is 1.43 bits per heavy atom. The standard InChI is InChI=1S/C10H20O3Si/c1-6-7-8(14(3,4)5)9(13-2)10(11)12/h6-9H,1-5H3,(H,11,12)/b7-6+/t8-,9+/m0/s1. The fourth-order valence-corrected chi connectivity index (χ4v) is 3.41. The second-order valence-electron chi connectivity index (χ2n) is 4.41. The lowest BCUT2D eigenvalue weighted by atomic mass is 10.2. The molecular weight excluding hydrogens is 196 g/mol. The van der Waals surface area contributed by atoms with Crippen molar-refractivity contribution in [2.24, 2.45) is 0 Å². The summed E-state index contributed by atoms with van der Waals surface area (Å²) in [4.78, 5) is 11.0. The molecule has 0 rings (SSSR count). The third-order valence-corrected chi connectivity index (χ3v) is 4.72. The van der Waals surface area contributed by atoms with Crippen LogP contribution in [-0.4, -0.2) is 32.4 Å². The van der Waals surface area contributed by atoms with Crippen LogP contribution in [0.5, 0.6) is 0 Å². The number of allylic oxidation sites excluding steroid dienone is 1. The summed E-state index contributed by atoms with van der Waals surface area (Å²) in [5.41, 5.74) is 0.0231. The number of hydrogen-bond acceptors (Lipinski definition) is 2. The second kappa shape index (κ2) is 5.31. The first kappa shape index (κ1) is 13.4. The Hall–Kier alpha value is -0.613. The van der Waals surface area contributed by atoms with Crippen LogP contribution in [0.2, 0.25) is 25.2 Å². The molecule has 0 aliphatic heterocycles. The van der Waals surface area contributed by atoms with Crippen LogP contribution in [0.15, 0.2) is 12.2 Å². The highest BCUT2D eigenvalue weighted by Gasteiger charge is 2.35. The molecule has 3 nitrogen and oxygen atoms in total. The summed E-state index contributed by atoms with van der Waals surface area (Å²) < 4.78 is 5.04. The summed E-state index contributed by atoms with van der Waals surface area (Å²) in [6.07, 6.45) is 3.14. The lowest BCUT2D eigenvalue weighted by molar-refractivity contribution is -0.148. The van der Waals surface area contributed by atoms with Gasteiger partial charge in [0.1, 0.15) is 0 Å². The molecule has 1 N–H and O–H groups in total. The molecule has 0 aromatic rings. The van der Waals surface area contributed by atoms with E-state index in [1.54, 1.807) is 0 Å². The number of methoxy groups -OCH3 is 1. The van der Waals surface area contributed by atoms with Gasteiger partial charge in [-0.1, -0.05) is 31.8 Å². The van der Waals surface area contributed by atoms with Crippen LogP contribution >= 0.6 is 0 Å². The maximum atomic E-state index is 11.0. The molecule has 0 heterocycles. The predicted octanol–water partition coefficient (Wildman–Crippen LogP) is 2.37. The summed E-state index contributed by atoms with van der Waals surface area (Å²) in [5, 5.41) is 9.00. The third kappa shape index (κ3) is 3.63. The molecule has 0 bridgehead atoms. The topological polar surface area (TPSA) is 46.5 Å². The molecule has 2 atom stereocenters. The van der Waals surface area contributed by atoms with Gasteiger partial charge in [-0.15, -0.1) is 0 Å². The molecule has 0 unspecified atom stereocenters. The highest BCUT2D eigenvalue weighted by molar-refractivity contribution is 6.78. The van der Waals surface area contributed by atoms with E-state index in [4.69, 9.17) is 9.84 Å². The SMILES string of the molecule is C/C=C/[C@@H]([C@@H](OC)C(=O)O)[Si](C)(C)C. The minimum absolute atomic E-state index is 0.0231. The Bertz CT molecular complexity index is 218. The Kier molecular flexibility index (Phi) is 5.08. The van der Waals surface area contributed by atoms with Crippen LogP contribution < -0.4 is 0 Å². The van der Waals surface area contributed by atoms with Gasteiger partial charge in [0, 0.05) is 12.7 Å². The largest absolute Gasteiger partial charge is 0.479 e. The average molecular weight is 216 g/mol. The van der Waals surface area contributed by atoms with Crippen molar-refractivity contribution in [2.45, 2.75) is 38.2 Å². The zero-order valence-electron chi connectivity index (χ0n) is 9.57. The molecule has 14 heavy (non-hydrogen) atoms. The molecule has 0 saturated carbocycles. The minimum Gasteiger partial charge on any atom is -0.479 e. The highest BCUT2D eigenvalue weighted by Crippen LogP contribution is 2.29. The highest BCUT2D eigenvalue weighted by atomic mass is 28.3. The van der Waals surface area contributed by atoms with Gasteiger partial charge in [-0.05, 0) is 6.92 Å². The van der Waals surface area contributed by atoms with Crippen LogP contribution in [0.4, 0.5) is 0 Å². The number of carboxylic acid groups (broad SMARTS) is 1. The molecule has 0 saturated heterocycles. The van der Waals surface area contributed by atoms with Gasteiger partial charge in [0.15, 0.2) is 6.10 Å². The van der Waals surface area contributed by atoms with Gasteiger partial charge in [0.25, 0.3) is 0 Å². The molecule has 4 heteroatoms. The molecule has 0 spiro atoms. The van der Waals surface area contributed by atoms with Gasteiger partial charge < -0.3 is 9.84 Å². The quantitative estimate of drug-likeness (QED) is 0.567. The van der Waals surface area contributed by atoms with E-state index in [1.165, 1.54) is 7.11 Å². The van der Waals surface area contributed by atoms with E-state index in [2.05, 4.69) is 19.6 Å². The fourth-order valence-electron chi connectivity index (χ4n) is 1.45. The van der Waals surface area contributed by atoms with E-state index in [-0.39, 0.29) is 5.54 Å². The summed E-state index contributed by atoms with van der Waals surface area (Å²) >= 11 is 0. The van der Waals surface area contributed by atoms with Crippen molar-refractivity contribution in [1.29, 1.82) is 0 Å². The summed E-state index contributed by atoms with van der Waals surface area (Å²) in [5.74, 6) is -0.877. The first-order valence-electron chi connectivity index (χ1n) is 4.73. The van der Waals surface area contributed by atoms with Crippen molar-refractivity contribution in [3.8, 4) is 0 Å². The summed E-state index contributed by atoms with van der Waals surface area (Å²) in [6.45, 7) is 8.34. The van der Waals surface area contributed by atoms with Gasteiger partial charge in [-0.2, -0.15) is 0 Å². The Labute approximate surface area is 86.8 Å². The van der Waals surface area contributed by atoms with E-state index in [0.717, 1.165) is 0 Å². The minimum atomic E-state index is -1.55. The van der Waals surface area contributed by atoms with Crippen LogP contribution in [0.3, 0.4) is 0 Å². The van der Waals surface area contributed by atoms with Crippen molar-refractivity contribution in [3.05, 3.63) is 12.2 Å². The van der Waals surface area contributed by atoms with Crippen molar-refractivity contribution in [3.63, 3.8) is 0 Å². The van der Waals surface area contributed by atoms with Crippen LogP contribution in [-0.2, 0) is 9.53 Å². The van der Waals surface area contributed by atoms with E-state index in [0.29, 0.717) is 0 Å². The smallest absolute Gasteiger partial charge is 0.333 e. The molecule has 0 aliphatic rings. The monoisotopic (exact) mass is 216 g/mol. The Morgan fingerprint density at radius 2 is 1.93 bits per heavy atom. The number of carbonyl (C=O) groups is 1. The molecule has 0 fully saturated rings. The zero-order valence-corrected chi connectivity index (χ0v) is 10.6. The van der Waals surface area contributed by atoms with E-state index in [1.807, 2.05) is 19.1 Å². The van der Waals surface area contributed by atoms with Gasteiger partial charge in [-0.3, -0.25) is 0 Å². The molecular formula is C10H20O3Si. The first-order chi connectivity index (χ1) is 6.34. The van der Waals surface area contributed by atoms with E-state index in [9.17, 15) is 4.79 Å². The Balaban J connectivity index is 4.88. The van der Waals surface area contributed by atoms with E-state index >= 15 is 0 Å². The van der Waals surface area contributed by atoms with Gasteiger partial charge >= 0.3 is 5.97 Å². The van der Waals surface area contributed by atoms with Crippen LogP contribution in [0.1, 0.15) is 6.92 Å². The lowest BCUT2D eigenvalue weighted by Crippen LogP contribution is -2.40. The maximum Gasteiger partial charge on any atom is 0.333 e. The molecule has 0 radical (unpaired) electrons. The fraction of sp³-hybridized carbons (Fsp3) is 0.700. The maximum absolute atomic E-state index is 11.0. The van der Waals surface area contributed by atoms with Crippen molar-refractivity contribution in [2.75, 3.05) is 7.11 Å². The Morgan fingerprint density at radius 3 is 2.14 bits per heavy atom. The average Bonchev–Trinajstić information content (AvgIpc) is 2.02. The zero-order chi connectivity index (χ0) is 11.4. The van der Waals surface area contributed by atoms with Crippen molar-refractivity contribution >= 4 is 14.0 Å². The van der Waals surface area contributed by atoms with Crippen molar-refractivity contribution < 1.29 is 14.6 Å². The predicted molar refractivity (Wildman–Crippen MR) is 60.3 cm³/mol. The first-order valence-corrected chi connectivity index (χ1v) is 8.30. The van der Waals surface area contributed by atoms with Crippen LogP contribution in [0.25, 0.3) is 0 Å². The van der Waals surface area contributed by atoms with Crippen LogP contribution in [0, 0.1) is 0 Å². The molecule has 0 aromatic heterocycles. The molecule has 0 aliphatic carbocycles. The number of hydrogen-bond donors (Lipinski definition) is 1. The number of carboxylic acids is 1. The summed E-state index contributed by atoms with van der Waals surface area (Å²) in [7, 11) is -0.0933. The van der Waals surface area contributed by atoms with Crippen molar-refractivity contribution in [1.82, 2.24) is 0 Å². The number of ether oxygens (including phenoxy) is 1. The molecule has 0 amide bonds.